The zero-order valence-electron chi connectivity index (χ0n) is 15.1. The molecule has 0 N–H and O–H groups in total. The van der Waals surface area contributed by atoms with Gasteiger partial charge in [-0.2, -0.15) is 0 Å². The summed E-state index contributed by atoms with van der Waals surface area (Å²) in [6, 6.07) is 29.9. The van der Waals surface area contributed by atoms with Gasteiger partial charge in [-0.1, -0.05) is 60.7 Å². The maximum absolute atomic E-state index is 4.75. The molecular formula is C26H16N2. The summed E-state index contributed by atoms with van der Waals surface area (Å²) >= 11 is 0. The molecule has 0 radical (unpaired) electrons. The number of hydrogen-bond donors (Lipinski definition) is 0. The molecular weight excluding hydrogens is 340 g/mol. The smallest absolute Gasteiger partial charge is 0.0796 e. The standard InChI is InChI=1S/C26H16N2/c1-2-8-20-18(6-1)14-23(22-10-4-3-9-21(20)22)19-15-24-25(28-16-19)12-11-17-7-5-13-27-26(17)24/h1-16H. The summed E-state index contributed by atoms with van der Waals surface area (Å²) < 4.78 is 0. The Balaban J connectivity index is 1.73. The van der Waals surface area contributed by atoms with Gasteiger partial charge in [0.15, 0.2) is 0 Å². The van der Waals surface area contributed by atoms with Gasteiger partial charge in [0.25, 0.3) is 0 Å². The first-order valence-electron chi connectivity index (χ1n) is 9.43. The fraction of sp³-hybridized carbons (Fsp3) is 0. The first-order valence-corrected chi connectivity index (χ1v) is 9.43. The van der Waals surface area contributed by atoms with Gasteiger partial charge in [-0.25, -0.2) is 0 Å². The molecule has 4 aromatic carbocycles. The van der Waals surface area contributed by atoms with Crippen LogP contribution in [0.2, 0.25) is 0 Å². The lowest BCUT2D eigenvalue weighted by molar-refractivity contribution is 1.39. The second-order valence-corrected chi connectivity index (χ2v) is 7.12. The van der Waals surface area contributed by atoms with E-state index in [9.17, 15) is 0 Å². The van der Waals surface area contributed by atoms with Gasteiger partial charge in [-0.05, 0) is 51.4 Å². The van der Waals surface area contributed by atoms with Crippen LogP contribution in [0, 0.1) is 0 Å². The Morgan fingerprint density at radius 1 is 0.536 bits per heavy atom. The van der Waals surface area contributed by atoms with E-state index in [-0.39, 0.29) is 0 Å². The van der Waals surface area contributed by atoms with Crippen molar-refractivity contribution in [1.29, 1.82) is 0 Å². The predicted octanol–water partition coefficient (Wildman–Crippen LogP) is 6.76. The van der Waals surface area contributed by atoms with Crippen LogP contribution in [0.3, 0.4) is 0 Å². The van der Waals surface area contributed by atoms with Crippen molar-refractivity contribution in [2.24, 2.45) is 0 Å². The number of aromatic nitrogens is 2. The van der Waals surface area contributed by atoms with Crippen molar-refractivity contribution < 1.29 is 0 Å². The molecule has 2 aromatic heterocycles. The summed E-state index contributed by atoms with van der Waals surface area (Å²) in [7, 11) is 0. The maximum Gasteiger partial charge on any atom is 0.0796 e. The number of hydrogen-bond acceptors (Lipinski definition) is 2. The third-order valence-corrected chi connectivity index (χ3v) is 5.51. The third-order valence-electron chi connectivity index (χ3n) is 5.51. The molecule has 6 aromatic rings. The van der Waals surface area contributed by atoms with E-state index in [1.54, 1.807) is 0 Å². The van der Waals surface area contributed by atoms with E-state index >= 15 is 0 Å². The Hall–Kier alpha value is -3.78. The monoisotopic (exact) mass is 356 g/mol. The number of benzene rings is 4. The van der Waals surface area contributed by atoms with Crippen LogP contribution >= 0.6 is 0 Å². The minimum absolute atomic E-state index is 0.972. The molecule has 2 heterocycles. The van der Waals surface area contributed by atoms with Crippen LogP contribution in [-0.2, 0) is 0 Å². The molecule has 0 unspecified atom stereocenters. The fourth-order valence-electron chi connectivity index (χ4n) is 4.18. The Kier molecular flexibility index (Phi) is 3.20. The van der Waals surface area contributed by atoms with Crippen molar-refractivity contribution in [2.45, 2.75) is 0 Å². The summed E-state index contributed by atoms with van der Waals surface area (Å²) in [5, 5.41) is 7.27. The normalized spacial score (nSPS) is 11.6. The molecule has 0 saturated heterocycles. The Morgan fingerprint density at radius 2 is 1.32 bits per heavy atom. The van der Waals surface area contributed by atoms with Crippen molar-refractivity contribution in [2.75, 3.05) is 0 Å². The van der Waals surface area contributed by atoms with E-state index in [1.165, 1.54) is 27.1 Å². The molecule has 0 aliphatic carbocycles. The van der Waals surface area contributed by atoms with Gasteiger partial charge in [0, 0.05) is 28.7 Å². The first-order chi connectivity index (χ1) is 13.9. The zero-order valence-corrected chi connectivity index (χ0v) is 15.1. The Morgan fingerprint density at radius 3 is 2.25 bits per heavy atom. The third kappa shape index (κ3) is 2.21. The second-order valence-electron chi connectivity index (χ2n) is 7.12. The minimum Gasteiger partial charge on any atom is -0.256 e. The average Bonchev–Trinajstić information content (AvgIpc) is 2.78. The van der Waals surface area contributed by atoms with Crippen molar-refractivity contribution >= 4 is 43.4 Å². The molecule has 0 saturated carbocycles. The summed E-state index contributed by atoms with van der Waals surface area (Å²) in [6.07, 6.45) is 3.83. The molecule has 0 aliphatic heterocycles. The van der Waals surface area contributed by atoms with Crippen LogP contribution in [-0.4, -0.2) is 9.97 Å². The lowest BCUT2D eigenvalue weighted by Gasteiger charge is -2.12. The Bertz CT molecular complexity index is 1520. The number of nitrogens with zero attached hydrogens (tertiary/aromatic N) is 2. The fourth-order valence-corrected chi connectivity index (χ4v) is 4.18. The number of rotatable bonds is 1. The average molecular weight is 356 g/mol. The highest BCUT2D eigenvalue weighted by Gasteiger charge is 2.10. The molecule has 2 nitrogen and oxygen atoms in total. The van der Waals surface area contributed by atoms with Gasteiger partial charge in [0.2, 0.25) is 0 Å². The SMILES string of the molecule is c1ccc2c(c1)cc(-c1cnc3ccc4cccnc4c3c1)c1ccccc12. The molecule has 0 atom stereocenters. The summed E-state index contributed by atoms with van der Waals surface area (Å²) in [6.45, 7) is 0. The first kappa shape index (κ1) is 15.3. The maximum atomic E-state index is 4.75. The highest BCUT2D eigenvalue weighted by Crippen LogP contribution is 2.36. The van der Waals surface area contributed by atoms with E-state index in [0.29, 0.717) is 0 Å². The molecule has 130 valence electrons. The van der Waals surface area contributed by atoms with E-state index in [4.69, 9.17) is 4.98 Å². The molecule has 0 bridgehead atoms. The molecule has 2 heteroatoms. The van der Waals surface area contributed by atoms with Crippen LogP contribution in [0.5, 0.6) is 0 Å². The summed E-state index contributed by atoms with van der Waals surface area (Å²) in [5.41, 5.74) is 4.30. The minimum atomic E-state index is 0.972. The van der Waals surface area contributed by atoms with Crippen LogP contribution in [0.25, 0.3) is 54.5 Å². The molecule has 0 aliphatic rings. The summed E-state index contributed by atoms with van der Waals surface area (Å²) in [5.74, 6) is 0. The molecule has 0 amide bonds. The lowest BCUT2D eigenvalue weighted by Crippen LogP contribution is -1.88. The molecule has 0 spiro atoms. The van der Waals surface area contributed by atoms with Crippen LogP contribution in [0.4, 0.5) is 0 Å². The van der Waals surface area contributed by atoms with Gasteiger partial charge in [0.05, 0.1) is 11.0 Å². The van der Waals surface area contributed by atoms with E-state index in [0.717, 1.165) is 27.4 Å². The zero-order chi connectivity index (χ0) is 18.5. The lowest BCUT2D eigenvalue weighted by atomic mass is 9.93. The highest BCUT2D eigenvalue weighted by molar-refractivity contribution is 6.14. The molecule has 6 rings (SSSR count). The predicted molar refractivity (Wildman–Crippen MR) is 117 cm³/mol. The van der Waals surface area contributed by atoms with Crippen molar-refractivity contribution in [1.82, 2.24) is 9.97 Å². The van der Waals surface area contributed by atoms with Crippen LogP contribution < -0.4 is 0 Å². The van der Waals surface area contributed by atoms with Gasteiger partial charge >= 0.3 is 0 Å². The van der Waals surface area contributed by atoms with E-state index < -0.39 is 0 Å². The quantitative estimate of drug-likeness (QED) is 0.304. The Labute approximate surface area is 162 Å². The second kappa shape index (κ2) is 5.86. The van der Waals surface area contributed by atoms with Gasteiger partial charge in [-0.3, -0.25) is 9.97 Å². The van der Waals surface area contributed by atoms with Crippen molar-refractivity contribution in [3.05, 3.63) is 97.3 Å². The topological polar surface area (TPSA) is 25.8 Å². The highest BCUT2D eigenvalue weighted by atomic mass is 14.7. The van der Waals surface area contributed by atoms with Gasteiger partial charge < -0.3 is 0 Å². The molecule has 0 fully saturated rings. The van der Waals surface area contributed by atoms with E-state index in [2.05, 4.69) is 83.8 Å². The number of fused-ring (bicyclic) bond motifs is 6. The van der Waals surface area contributed by atoms with Gasteiger partial charge in [-0.15, -0.1) is 0 Å². The van der Waals surface area contributed by atoms with Gasteiger partial charge in [0.1, 0.15) is 0 Å². The van der Waals surface area contributed by atoms with Crippen molar-refractivity contribution in [3.63, 3.8) is 0 Å². The van der Waals surface area contributed by atoms with E-state index in [1.807, 2.05) is 18.5 Å². The van der Waals surface area contributed by atoms with Crippen molar-refractivity contribution in [3.8, 4) is 11.1 Å². The molecule has 28 heavy (non-hydrogen) atoms. The summed E-state index contributed by atoms with van der Waals surface area (Å²) in [4.78, 5) is 9.37. The van der Waals surface area contributed by atoms with Crippen LogP contribution in [0.1, 0.15) is 0 Å². The van der Waals surface area contributed by atoms with Crippen LogP contribution in [0.15, 0.2) is 97.3 Å². The number of pyridine rings is 2. The largest absolute Gasteiger partial charge is 0.256 e.